The predicted molar refractivity (Wildman–Crippen MR) is 65.4 cm³/mol. The van der Waals surface area contributed by atoms with Crippen molar-refractivity contribution in [3.8, 4) is 0 Å². The largest absolute Gasteiger partial charge is 0.389 e. The number of aliphatic hydroxyl groups excluding tert-OH is 1. The summed E-state index contributed by atoms with van der Waals surface area (Å²) in [5.74, 6) is -0.321. The number of nitrogens with zero attached hydrogens (tertiary/aromatic N) is 1. The number of hydrogen-bond acceptors (Lipinski definition) is 4. The minimum Gasteiger partial charge on any atom is -0.389 e. The molecule has 0 amide bonds. The van der Waals surface area contributed by atoms with Gasteiger partial charge in [0.05, 0.1) is 12.7 Å². The molecule has 0 aliphatic carbocycles. The molecule has 0 aromatic heterocycles. The van der Waals surface area contributed by atoms with Gasteiger partial charge in [0, 0.05) is 38.5 Å². The van der Waals surface area contributed by atoms with Gasteiger partial charge in [-0.3, -0.25) is 0 Å². The fourth-order valence-corrected chi connectivity index (χ4v) is 1.61. The first-order valence-corrected chi connectivity index (χ1v) is 5.45. The van der Waals surface area contributed by atoms with Gasteiger partial charge in [-0.05, 0) is 12.1 Å². The first kappa shape index (κ1) is 13.9. The molecule has 0 aliphatic rings. The monoisotopic (exact) mass is 242 g/mol. The van der Waals surface area contributed by atoms with Gasteiger partial charge >= 0.3 is 0 Å². The van der Waals surface area contributed by atoms with Gasteiger partial charge in [-0.15, -0.1) is 0 Å². The number of methoxy groups -OCH3 is 1. The summed E-state index contributed by atoms with van der Waals surface area (Å²) >= 11 is 0. The second-order valence-corrected chi connectivity index (χ2v) is 3.97. The number of ether oxygens (including phenoxy) is 1. The molecule has 0 radical (unpaired) electrons. The summed E-state index contributed by atoms with van der Waals surface area (Å²) in [4.78, 5) is 1.77. The van der Waals surface area contributed by atoms with Crippen LogP contribution in [-0.2, 0) is 11.3 Å². The standard InChI is InChI=1S/C12H19FN2O2/c1-15(7-11(16)8-17-2)10-4-3-9(6-14)12(13)5-10/h3-5,11,16H,6-8,14H2,1-2H3. The Hall–Kier alpha value is -1.17. The van der Waals surface area contributed by atoms with Crippen molar-refractivity contribution in [3.05, 3.63) is 29.6 Å². The van der Waals surface area contributed by atoms with Crippen molar-refractivity contribution in [3.63, 3.8) is 0 Å². The summed E-state index contributed by atoms with van der Waals surface area (Å²) in [6, 6.07) is 4.86. The smallest absolute Gasteiger partial charge is 0.129 e. The first-order valence-electron chi connectivity index (χ1n) is 5.45. The van der Waals surface area contributed by atoms with Gasteiger partial charge in [0.1, 0.15) is 5.82 Å². The van der Waals surface area contributed by atoms with Crippen molar-refractivity contribution in [2.45, 2.75) is 12.6 Å². The first-order chi connectivity index (χ1) is 8.08. The average molecular weight is 242 g/mol. The number of halogens is 1. The molecule has 17 heavy (non-hydrogen) atoms. The van der Waals surface area contributed by atoms with E-state index in [1.54, 1.807) is 24.1 Å². The molecule has 4 nitrogen and oxygen atoms in total. The number of aliphatic hydroxyl groups is 1. The Balaban J connectivity index is 2.69. The quantitative estimate of drug-likeness (QED) is 0.772. The Labute approximate surface area is 101 Å². The zero-order valence-corrected chi connectivity index (χ0v) is 10.2. The van der Waals surface area contributed by atoms with Gasteiger partial charge in [-0.2, -0.15) is 0 Å². The van der Waals surface area contributed by atoms with Crippen molar-refractivity contribution in [2.75, 3.05) is 32.2 Å². The van der Waals surface area contributed by atoms with E-state index < -0.39 is 6.10 Å². The van der Waals surface area contributed by atoms with Crippen LogP contribution in [0.15, 0.2) is 18.2 Å². The van der Waals surface area contributed by atoms with E-state index in [9.17, 15) is 9.50 Å². The number of benzene rings is 1. The van der Waals surface area contributed by atoms with Crippen molar-refractivity contribution in [1.29, 1.82) is 0 Å². The summed E-state index contributed by atoms with van der Waals surface area (Å²) in [5, 5.41) is 9.57. The maximum atomic E-state index is 13.5. The summed E-state index contributed by atoms with van der Waals surface area (Å²) in [5.41, 5.74) is 6.58. The highest BCUT2D eigenvalue weighted by Gasteiger charge is 2.10. The predicted octanol–water partition coefficient (Wildman–Crippen LogP) is 0.728. The molecule has 0 fully saturated rings. The molecule has 1 rings (SSSR count). The fraction of sp³-hybridized carbons (Fsp3) is 0.500. The molecule has 1 aromatic carbocycles. The summed E-state index contributed by atoms with van der Waals surface area (Å²) in [6.45, 7) is 0.824. The zero-order valence-electron chi connectivity index (χ0n) is 10.2. The highest BCUT2D eigenvalue weighted by molar-refractivity contribution is 5.47. The van der Waals surface area contributed by atoms with Gasteiger partial charge in [0.2, 0.25) is 0 Å². The molecule has 0 bridgehead atoms. The molecule has 0 spiro atoms. The van der Waals surface area contributed by atoms with Gasteiger partial charge in [-0.25, -0.2) is 4.39 Å². The van der Waals surface area contributed by atoms with E-state index in [2.05, 4.69) is 0 Å². The molecule has 0 saturated heterocycles. The van der Waals surface area contributed by atoms with E-state index in [1.807, 2.05) is 0 Å². The van der Waals surface area contributed by atoms with Gasteiger partial charge < -0.3 is 20.5 Å². The molecule has 3 N–H and O–H groups in total. The molecular formula is C12H19FN2O2. The SMILES string of the molecule is COCC(O)CN(C)c1ccc(CN)c(F)c1. The van der Waals surface area contributed by atoms with Gasteiger partial charge in [0.15, 0.2) is 0 Å². The third kappa shape index (κ3) is 3.96. The second kappa shape index (κ2) is 6.54. The van der Waals surface area contributed by atoms with E-state index in [-0.39, 0.29) is 19.0 Å². The number of likely N-dealkylation sites (N-methyl/N-ethyl adjacent to an activating group) is 1. The van der Waals surface area contributed by atoms with Crippen LogP contribution >= 0.6 is 0 Å². The molecule has 0 heterocycles. The van der Waals surface area contributed by atoms with Crippen molar-refractivity contribution >= 4 is 5.69 Å². The molecule has 1 atom stereocenters. The summed E-state index contributed by atoms with van der Waals surface area (Å²) in [7, 11) is 3.31. The lowest BCUT2D eigenvalue weighted by Crippen LogP contribution is -2.31. The number of nitrogens with two attached hydrogens (primary N) is 1. The third-order valence-electron chi connectivity index (χ3n) is 2.54. The Kier molecular flexibility index (Phi) is 5.34. The highest BCUT2D eigenvalue weighted by Crippen LogP contribution is 2.17. The average Bonchev–Trinajstić information content (AvgIpc) is 2.29. The lowest BCUT2D eigenvalue weighted by atomic mass is 10.2. The molecule has 5 heteroatoms. The Bertz CT molecular complexity index is 360. The van der Waals surface area contributed by atoms with Crippen LogP contribution in [0.5, 0.6) is 0 Å². The number of anilines is 1. The molecular weight excluding hydrogens is 223 g/mol. The molecule has 0 aliphatic heterocycles. The van der Waals surface area contributed by atoms with E-state index in [0.717, 1.165) is 0 Å². The Morgan fingerprint density at radius 3 is 2.76 bits per heavy atom. The molecule has 1 aromatic rings. The van der Waals surface area contributed by atoms with E-state index in [0.29, 0.717) is 17.8 Å². The van der Waals surface area contributed by atoms with Crippen LogP contribution in [0.25, 0.3) is 0 Å². The van der Waals surface area contributed by atoms with Crippen LogP contribution in [0.2, 0.25) is 0 Å². The van der Waals surface area contributed by atoms with Crippen LogP contribution in [0, 0.1) is 5.82 Å². The lowest BCUT2D eigenvalue weighted by molar-refractivity contribution is 0.0695. The summed E-state index contributed by atoms with van der Waals surface area (Å²) in [6.07, 6.45) is -0.595. The number of hydrogen-bond donors (Lipinski definition) is 2. The lowest BCUT2D eigenvalue weighted by Gasteiger charge is -2.22. The fourth-order valence-electron chi connectivity index (χ4n) is 1.61. The maximum absolute atomic E-state index is 13.5. The van der Waals surface area contributed by atoms with Crippen molar-refractivity contribution < 1.29 is 14.2 Å². The third-order valence-corrected chi connectivity index (χ3v) is 2.54. The van der Waals surface area contributed by atoms with Gasteiger partial charge in [0.25, 0.3) is 0 Å². The normalized spacial score (nSPS) is 12.5. The second-order valence-electron chi connectivity index (χ2n) is 3.97. The zero-order chi connectivity index (χ0) is 12.8. The van der Waals surface area contributed by atoms with E-state index in [1.165, 1.54) is 13.2 Å². The van der Waals surface area contributed by atoms with Crippen molar-refractivity contribution in [2.24, 2.45) is 5.73 Å². The topological polar surface area (TPSA) is 58.7 Å². The van der Waals surface area contributed by atoms with Crippen LogP contribution < -0.4 is 10.6 Å². The van der Waals surface area contributed by atoms with Crippen LogP contribution in [0.4, 0.5) is 10.1 Å². The Morgan fingerprint density at radius 2 is 2.24 bits per heavy atom. The van der Waals surface area contributed by atoms with E-state index >= 15 is 0 Å². The molecule has 96 valence electrons. The Morgan fingerprint density at radius 1 is 1.53 bits per heavy atom. The molecule has 1 unspecified atom stereocenters. The van der Waals surface area contributed by atoms with E-state index in [4.69, 9.17) is 10.5 Å². The van der Waals surface area contributed by atoms with Crippen molar-refractivity contribution in [1.82, 2.24) is 0 Å². The van der Waals surface area contributed by atoms with Crippen LogP contribution in [0.3, 0.4) is 0 Å². The number of rotatable bonds is 6. The highest BCUT2D eigenvalue weighted by atomic mass is 19.1. The van der Waals surface area contributed by atoms with Crippen LogP contribution in [-0.4, -0.2) is 38.5 Å². The minimum absolute atomic E-state index is 0.183. The molecule has 0 saturated carbocycles. The minimum atomic E-state index is -0.595. The van der Waals surface area contributed by atoms with Crippen LogP contribution in [0.1, 0.15) is 5.56 Å². The summed E-state index contributed by atoms with van der Waals surface area (Å²) < 4.78 is 18.3. The van der Waals surface area contributed by atoms with Gasteiger partial charge in [-0.1, -0.05) is 6.07 Å². The maximum Gasteiger partial charge on any atom is 0.129 e.